The van der Waals surface area contributed by atoms with Crippen LogP contribution in [0.25, 0.3) is 10.9 Å². The minimum atomic E-state index is -3.93. The fourth-order valence-electron chi connectivity index (χ4n) is 3.14. The summed E-state index contributed by atoms with van der Waals surface area (Å²) < 4.78 is 33.1. The number of aryl methyl sites for hydroxylation is 2. The first-order chi connectivity index (χ1) is 14.2. The van der Waals surface area contributed by atoms with Gasteiger partial charge in [0.05, 0.1) is 11.5 Å². The molecule has 0 atom stereocenters. The molecule has 3 rings (SSSR count). The van der Waals surface area contributed by atoms with Gasteiger partial charge in [0.25, 0.3) is 15.9 Å². The average molecular weight is 429 g/mol. The molecule has 30 heavy (non-hydrogen) atoms. The lowest BCUT2D eigenvalue weighted by molar-refractivity contribution is 0.0936. The van der Waals surface area contributed by atoms with Crippen LogP contribution in [0.5, 0.6) is 0 Å². The molecule has 3 aromatic rings. The molecule has 0 saturated heterocycles. The molecule has 1 aromatic heterocycles. The number of rotatable bonds is 7. The van der Waals surface area contributed by atoms with Crippen LogP contribution >= 0.6 is 0 Å². The Labute approximate surface area is 174 Å². The summed E-state index contributed by atoms with van der Waals surface area (Å²) in [6, 6.07) is 9.56. The molecule has 0 fully saturated rings. The average Bonchev–Trinajstić information content (AvgIpc) is 2.67. The molecule has 0 aliphatic carbocycles. The van der Waals surface area contributed by atoms with E-state index in [2.05, 4.69) is 15.0 Å². The van der Waals surface area contributed by atoms with Gasteiger partial charge in [0.1, 0.15) is 5.56 Å². The second-order valence-electron chi connectivity index (χ2n) is 6.97. The van der Waals surface area contributed by atoms with E-state index in [-0.39, 0.29) is 22.4 Å². The van der Waals surface area contributed by atoms with Gasteiger partial charge >= 0.3 is 0 Å². The third-order valence-electron chi connectivity index (χ3n) is 4.47. The monoisotopic (exact) mass is 429 g/mol. The summed E-state index contributed by atoms with van der Waals surface area (Å²) in [5.41, 5.74) is 2.06. The van der Waals surface area contributed by atoms with E-state index >= 15 is 0 Å². The standard InChI is InChI=1S/C21H23N3O5S/c1-13-8-14(2)10-15(9-13)24-30(27,28)16-4-5-19-17(11-16)20(25)18(12-23-19)21(26)22-6-7-29-3/h4-5,8-12,24H,6-7H2,1-3H3,(H,22,26)(H,23,25). The first kappa shape index (κ1) is 21.5. The van der Waals surface area contributed by atoms with Gasteiger partial charge in [-0.25, -0.2) is 8.42 Å². The van der Waals surface area contributed by atoms with Crippen LogP contribution in [0.1, 0.15) is 21.5 Å². The first-order valence-corrected chi connectivity index (χ1v) is 10.7. The summed E-state index contributed by atoms with van der Waals surface area (Å²) in [6.07, 6.45) is 1.31. The number of hydrogen-bond donors (Lipinski definition) is 3. The quantitative estimate of drug-likeness (QED) is 0.498. The Kier molecular flexibility index (Phi) is 6.23. The van der Waals surface area contributed by atoms with Gasteiger partial charge in [0.2, 0.25) is 5.43 Å². The van der Waals surface area contributed by atoms with Crippen molar-refractivity contribution >= 4 is 32.5 Å². The van der Waals surface area contributed by atoms with Crippen molar-refractivity contribution in [1.82, 2.24) is 10.3 Å². The second kappa shape index (κ2) is 8.68. The van der Waals surface area contributed by atoms with Gasteiger partial charge in [-0.15, -0.1) is 0 Å². The Bertz CT molecular complexity index is 1250. The van der Waals surface area contributed by atoms with Gasteiger partial charge in [-0.3, -0.25) is 14.3 Å². The number of hydrogen-bond acceptors (Lipinski definition) is 5. The number of amides is 1. The maximum Gasteiger partial charge on any atom is 0.261 e. The number of methoxy groups -OCH3 is 1. The summed E-state index contributed by atoms with van der Waals surface area (Å²) in [6.45, 7) is 4.31. The predicted octanol–water partition coefficient (Wildman–Crippen LogP) is 2.32. The van der Waals surface area contributed by atoms with Gasteiger partial charge < -0.3 is 15.0 Å². The van der Waals surface area contributed by atoms with E-state index in [0.717, 1.165) is 11.1 Å². The number of ether oxygens (including phenoxy) is 1. The number of pyridine rings is 1. The highest BCUT2D eigenvalue weighted by molar-refractivity contribution is 7.92. The normalized spacial score (nSPS) is 11.4. The predicted molar refractivity (Wildman–Crippen MR) is 116 cm³/mol. The van der Waals surface area contributed by atoms with E-state index in [1.54, 1.807) is 12.1 Å². The Hall–Kier alpha value is -3.17. The van der Waals surface area contributed by atoms with Crippen molar-refractivity contribution in [3.63, 3.8) is 0 Å². The van der Waals surface area contributed by atoms with Gasteiger partial charge in [0, 0.05) is 36.4 Å². The Morgan fingerprint density at radius 2 is 1.80 bits per heavy atom. The van der Waals surface area contributed by atoms with Gasteiger partial charge in [-0.1, -0.05) is 6.07 Å². The van der Waals surface area contributed by atoms with Crippen LogP contribution in [0.15, 0.2) is 52.3 Å². The fraction of sp³-hybridized carbons (Fsp3) is 0.238. The molecule has 0 spiro atoms. The summed E-state index contributed by atoms with van der Waals surface area (Å²) in [5.74, 6) is -0.558. The van der Waals surface area contributed by atoms with Crippen LogP contribution in [-0.2, 0) is 14.8 Å². The van der Waals surface area contributed by atoms with Crippen LogP contribution in [-0.4, -0.2) is 39.6 Å². The third kappa shape index (κ3) is 4.69. The van der Waals surface area contributed by atoms with Crippen molar-refractivity contribution in [1.29, 1.82) is 0 Å². The van der Waals surface area contributed by atoms with Crippen molar-refractivity contribution in [2.24, 2.45) is 0 Å². The number of carbonyl (C=O) groups excluding carboxylic acids is 1. The van der Waals surface area contributed by atoms with Crippen LogP contribution in [0, 0.1) is 13.8 Å². The topological polar surface area (TPSA) is 117 Å². The van der Waals surface area contributed by atoms with Crippen molar-refractivity contribution in [3.8, 4) is 0 Å². The molecule has 0 radical (unpaired) electrons. The number of aromatic nitrogens is 1. The summed E-state index contributed by atoms with van der Waals surface area (Å²) in [7, 11) is -2.42. The molecule has 1 heterocycles. The van der Waals surface area contributed by atoms with E-state index in [4.69, 9.17) is 4.74 Å². The zero-order chi connectivity index (χ0) is 21.9. The molecule has 1 amide bonds. The SMILES string of the molecule is COCCNC(=O)c1c[nH]c2ccc(S(=O)(=O)Nc3cc(C)cc(C)c3)cc2c1=O. The highest BCUT2D eigenvalue weighted by Crippen LogP contribution is 2.21. The van der Waals surface area contributed by atoms with Gasteiger partial charge in [-0.2, -0.15) is 0 Å². The highest BCUT2D eigenvalue weighted by atomic mass is 32.2. The zero-order valence-electron chi connectivity index (χ0n) is 16.9. The highest BCUT2D eigenvalue weighted by Gasteiger charge is 2.18. The van der Waals surface area contributed by atoms with Crippen LogP contribution in [0.2, 0.25) is 0 Å². The molecular formula is C21H23N3O5S. The molecular weight excluding hydrogens is 406 g/mol. The van der Waals surface area contributed by atoms with Crippen LogP contribution < -0.4 is 15.5 Å². The summed E-state index contributed by atoms with van der Waals surface area (Å²) >= 11 is 0. The van der Waals surface area contributed by atoms with Crippen molar-refractivity contribution in [2.75, 3.05) is 25.0 Å². The second-order valence-corrected chi connectivity index (χ2v) is 8.65. The minimum absolute atomic E-state index is 0.0726. The zero-order valence-corrected chi connectivity index (χ0v) is 17.7. The van der Waals surface area contributed by atoms with Crippen LogP contribution in [0.4, 0.5) is 5.69 Å². The summed E-state index contributed by atoms with van der Waals surface area (Å²) in [4.78, 5) is 27.9. The number of H-pyrrole nitrogens is 1. The van der Waals surface area contributed by atoms with E-state index in [1.807, 2.05) is 19.9 Å². The van der Waals surface area contributed by atoms with E-state index in [9.17, 15) is 18.0 Å². The maximum absolute atomic E-state index is 12.9. The number of sulfonamides is 1. The lowest BCUT2D eigenvalue weighted by atomic mass is 10.1. The first-order valence-electron chi connectivity index (χ1n) is 9.25. The molecule has 0 unspecified atom stereocenters. The Morgan fingerprint density at radius 1 is 1.10 bits per heavy atom. The largest absolute Gasteiger partial charge is 0.383 e. The molecule has 3 N–H and O–H groups in total. The Balaban J connectivity index is 1.97. The molecule has 0 aliphatic rings. The van der Waals surface area contributed by atoms with Gasteiger partial charge in [-0.05, 0) is 55.3 Å². The number of fused-ring (bicyclic) bond motifs is 1. The molecule has 0 bridgehead atoms. The molecule has 9 heteroatoms. The summed E-state index contributed by atoms with van der Waals surface area (Å²) in [5, 5.41) is 2.69. The van der Waals surface area contributed by atoms with Crippen molar-refractivity contribution in [2.45, 2.75) is 18.7 Å². The number of nitrogens with one attached hydrogen (secondary N) is 3. The van der Waals surface area contributed by atoms with Gasteiger partial charge in [0.15, 0.2) is 0 Å². The molecule has 8 nitrogen and oxygen atoms in total. The fourth-order valence-corrected chi connectivity index (χ4v) is 4.21. The number of anilines is 1. The van der Waals surface area contributed by atoms with Crippen molar-refractivity contribution < 1.29 is 17.9 Å². The molecule has 0 aliphatic heterocycles. The van der Waals surface area contributed by atoms with Crippen LogP contribution in [0.3, 0.4) is 0 Å². The maximum atomic E-state index is 12.9. The number of carbonyl (C=O) groups is 1. The number of benzene rings is 2. The van der Waals surface area contributed by atoms with Crippen molar-refractivity contribution in [3.05, 3.63) is 69.5 Å². The molecule has 2 aromatic carbocycles. The molecule has 0 saturated carbocycles. The lowest BCUT2D eigenvalue weighted by Crippen LogP contribution is -2.31. The smallest absolute Gasteiger partial charge is 0.261 e. The van der Waals surface area contributed by atoms with E-state index in [0.29, 0.717) is 17.8 Å². The minimum Gasteiger partial charge on any atom is -0.383 e. The Morgan fingerprint density at radius 3 is 2.47 bits per heavy atom. The van der Waals surface area contributed by atoms with E-state index < -0.39 is 21.4 Å². The number of aromatic amines is 1. The third-order valence-corrected chi connectivity index (χ3v) is 5.85. The molecule has 158 valence electrons. The van der Waals surface area contributed by atoms with E-state index in [1.165, 1.54) is 31.5 Å². The lowest BCUT2D eigenvalue weighted by Gasteiger charge is -2.11.